The Bertz CT molecular complexity index is 770. The summed E-state index contributed by atoms with van der Waals surface area (Å²) < 4.78 is 30.6. The van der Waals surface area contributed by atoms with Crippen molar-refractivity contribution in [3.63, 3.8) is 0 Å². The summed E-state index contributed by atoms with van der Waals surface area (Å²) in [7, 11) is 3.23. The summed E-state index contributed by atoms with van der Waals surface area (Å²) in [5, 5.41) is 9.05. The van der Waals surface area contributed by atoms with Crippen LogP contribution in [0.1, 0.15) is 46.4 Å². The van der Waals surface area contributed by atoms with Crippen molar-refractivity contribution in [3.8, 4) is 0 Å². The average Bonchev–Trinajstić information content (AvgIpc) is 3.33. The van der Waals surface area contributed by atoms with Gasteiger partial charge in [-0.05, 0) is 43.2 Å². The minimum Gasteiger partial charge on any atom is -0.478 e. The third-order valence-corrected chi connectivity index (χ3v) is 6.39. The molecule has 1 aliphatic carbocycles. The van der Waals surface area contributed by atoms with Crippen LogP contribution in [0.25, 0.3) is 0 Å². The van der Waals surface area contributed by atoms with E-state index in [4.69, 9.17) is 5.11 Å². The lowest BCUT2D eigenvalue weighted by atomic mass is 9.95. The van der Waals surface area contributed by atoms with Gasteiger partial charge in [0.1, 0.15) is 5.82 Å². The fraction of sp³-hybridized carbons (Fsp3) is 0.529. The van der Waals surface area contributed by atoms with Crippen molar-refractivity contribution in [2.24, 2.45) is 5.41 Å². The Balaban J connectivity index is 1.75. The van der Waals surface area contributed by atoms with Crippen LogP contribution in [-0.2, 0) is 11.2 Å². The number of hydrogen-bond donors (Lipinski definition) is 2. The van der Waals surface area contributed by atoms with Crippen LogP contribution >= 0.6 is 0 Å². The molecule has 2 N–H and O–H groups in total. The molecule has 2 fully saturated rings. The highest BCUT2D eigenvalue weighted by molar-refractivity contribution is 7.81. The fourth-order valence-electron chi connectivity index (χ4n) is 3.28. The van der Waals surface area contributed by atoms with E-state index in [1.165, 1.54) is 17.7 Å². The Labute approximate surface area is 153 Å². The number of hydrogen-bond acceptors (Lipinski definition) is 4. The minimum absolute atomic E-state index is 0.0541. The van der Waals surface area contributed by atoms with Gasteiger partial charge in [-0.25, -0.2) is 17.7 Å². The van der Waals surface area contributed by atoms with Crippen LogP contribution < -0.4 is 9.62 Å². The van der Waals surface area contributed by atoms with Crippen molar-refractivity contribution in [3.05, 3.63) is 29.1 Å². The first kappa shape index (κ1) is 18.8. The Morgan fingerprint density at radius 2 is 1.81 bits per heavy atom. The highest BCUT2D eigenvalue weighted by Gasteiger charge is 2.45. The van der Waals surface area contributed by atoms with E-state index in [1.807, 2.05) is 0 Å². The summed E-state index contributed by atoms with van der Waals surface area (Å²) in [6.45, 7) is 1.31. The van der Waals surface area contributed by atoms with Gasteiger partial charge in [0.15, 0.2) is 11.2 Å². The van der Waals surface area contributed by atoms with Gasteiger partial charge in [0.05, 0.1) is 16.8 Å². The van der Waals surface area contributed by atoms with Crippen LogP contribution in [0.2, 0.25) is 0 Å². The highest BCUT2D eigenvalue weighted by Crippen LogP contribution is 2.53. The minimum atomic E-state index is -1.71. The van der Waals surface area contributed by atoms with Crippen molar-refractivity contribution in [1.82, 2.24) is 9.03 Å². The summed E-state index contributed by atoms with van der Waals surface area (Å²) in [5.41, 5.74) is 0.103. The van der Waals surface area contributed by atoms with Crippen LogP contribution in [0.5, 0.6) is 0 Å². The van der Waals surface area contributed by atoms with Crippen molar-refractivity contribution in [2.75, 3.05) is 32.1 Å². The number of benzene rings is 1. The van der Waals surface area contributed by atoms with Crippen molar-refractivity contribution >= 4 is 28.7 Å². The van der Waals surface area contributed by atoms with Crippen molar-refractivity contribution < 1.29 is 23.3 Å². The number of halogens is 1. The van der Waals surface area contributed by atoms with E-state index in [2.05, 4.69) is 4.72 Å². The van der Waals surface area contributed by atoms with E-state index in [1.54, 1.807) is 18.4 Å². The number of carboxylic acids is 1. The third-order valence-electron chi connectivity index (χ3n) is 5.20. The number of aromatic carboxylic acids is 1. The Hall–Kier alpha value is -2.00. The molecule has 7 nitrogen and oxygen atoms in total. The molecule has 0 radical (unpaired) electrons. The average molecular weight is 383 g/mol. The van der Waals surface area contributed by atoms with Crippen LogP contribution in [0.4, 0.5) is 10.1 Å². The molecule has 26 heavy (non-hydrogen) atoms. The molecule has 0 bridgehead atoms. The number of carbonyl (C=O) groups excluding carboxylic acids is 1. The Morgan fingerprint density at radius 1 is 1.19 bits per heavy atom. The van der Waals surface area contributed by atoms with Crippen molar-refractivity contribution in [1.29, 1.82) is 0 Å². The lowest BCUT2D eigenvalue weighted by molar-refractivity contribution is 0.0691. The molecule has 3 rings (SSSR count). The van der Waals surface area contributed by atoms with E-state index >= 15 is 0 Å². The summed E-state index contributed by atoms with van der Waals surface area (Å²) in [5.74, 6) is -3.12. The number of carbonyl (C=O) groups is 2. The first-order valence-electron chi connectivity index (χ1n) is 8.44. The maximum absolute atomic E-state index is 14.0. The smallest absolute Gasteiger partial charge is 0.338 e. The zero-order chi connectivity index (χ0) is 19.1. The molecule has 1 aliphatic heterocycles. The normalized spacial score (nSPS) is 19.8. The van der Waals surface area contributed by atoms with E-state index in [0.717, 1.165) is 25.0 Å². The number of carboxylic acid groups (broad SMARTS) is 1. The molecule has 1 amide bonds. The predicted molar refractivity (Wildman–Crippen MR) is 95.8 cm³/mol. The number of nitrogens with one attached hydrogen (secondary N) is 1. The van der Waals surface area contributed by atoms with Gasteiger partial charge >= 0.3 is 5.97 Å². The molecule has 0 aromatic heterocycles. The molecule has 1 spiro atoms. The van der Waals surface area contributed by atoms with Gasteiger partial charge in [0, 0.05) is 27.2 Å². The topological polar surface area (TPSA) is 90.0 Å². The standard InChI is InChI=1S/C17H22FN3O4S/c1-20(2)14-10-11(16(23)24)13(18)9-12(14)15(22)19-26(25)21-7-5-17(3-4-17)6-8-21/h9-10H,3-8H2,1-2H3,(H,19,22)(H,23,24). The molecule has 1 unspecified atom stereocenters. The van der Waals surface area contributed by atoms with Crippen LogP contribution in [0, 0.1) is 11.2 Å². The largest absolute Gasteiger partial charge is 0.478 e. The number of amides is 1. The van der Waals surface area contributed by atoms with Gasteiger partial charge in [-0.3, -0.25) is 9.52 Å². The summed E-state index contributed by atoms with van der Waals surface area (Å²) in [6, 6.07) is 1.98. The zero-order valence-electron chi connectivity index (χ0n) is 14.7. The van der Waals surface area contributed by atoms with Gasteiger partial charge in [-0.1, -0.05) is 0 Å². The Morgan fingerprint density at radius 3 is 2.31 bits per heavy atom. The zero-order valence-corrected chi connectivity index (χ0v) is 15.6. The van der Waals surface area contributed by atoms with Gasteiger partial charge in [0.2, 0.25) is 0 Å². The molecule has 1 aromatic carbocycles. The van der Waals surface area contributed by atoms with E-state index < -0.39 is 34.4 Å². The fourth-order valence-corrected chi connectivity index (χ4v) is 4.19. The maximum atomic E-state index is 14.0. The highest BCUT2D eigenvalue weighted by atomic mass is 32.2. The van der Waals surface area contributed by atoms with E-state index in [0.29, 0.717) is 18.5 Å². The molecule has 9 heteroatoms. The van der Waals surface area contributed by atoms with Crippen LogP contribution in [-0.4, -0.2) is 52.7 Å². The van der Waals surface area contributed by atoms with Crippen LogP contribution in [0.15, 0.2) is 12.1 Å². The molecule has 2 aliphatic rings. The Kier molecular flexibility index (Phi) is 5.03. The third kappa shape index (κ3) is 3.73. The van der Waals surface area contributed by atoms with Crippen molar-refractivity contribution in [2.45, 2.75) is 25.7 Å². The second-order valence-corrected chi connectivity index (χ2v) is 8.38. The SMILES string of the molecule is CN(C)c1cc(C(=O)O)c(F)cc1C(=O)NS(=O)N1CCC2(CC1)CC2. The molecule has 1 saturated heterocycles. The summed E-state index contributed by atoms with van der Waals surface area (Å²) in [4.78, 5) is 25.1. The molecule has 1 atom stereocenters. The molecule has 142 valence electrons. The van der Waals surface area contributed by atoms with Gasteiger partial charge in [-0.15, -0.1) is 0 Å². The first-order chi connectivity index (χ1) is 12.2. The first-order valence-corrected chi connectivity index (χ1v) is 9.55. The summed E-state index contributed by atoms with van der Waals surface area (Å²) >= 11 is -1.71. The quantitative estimate of drug-likeness (QED) is 0.809. The van der Waals surface area contributed by atoms with Gasteiger partial charge in [0.25, 0.3) is 5.91 Å². The van der Waals surface area contributed by atoms with Gasteiger partial charge < -0.3 is 10.0 Å². The molecule has 1 heterocycles. The van der Waals surface area contributed by atoms with E-state index in [-0.39, 0.29) is 11.3 Å². The summed E-state index contributed by atoms with van der Waals surface area (Å²) in [6.07, 6.45) is 4.39. The molecule has 1 saturated carbocycles. The maximum Gasteiger partial charge on any atom is 0.338 e. The second kappa shape index (κ2) is 6.96. The molecular formula is C17H22FN3O4S. The number of nitrogens with zero attached hydrogens (tertiary/aromatic N) is 2. The molecule has 1 aromatic rings. The van der Waals surface area contributed by atoms with E-state index in [9.17, 15) is 18.2 Å². The lowest BCUT2D eigenvalue weighted by Gasteiger charge is -2.30. The monoisotopic (exact) mass is 383 g/mol. The second-order valence-electron chi connectivity index (χ2n) is 7.16. The number of anilines is 1. The van der Waals surface area contributed by atoms with Crippen LogP contribution in [0.3, 0.4) is 0 Å². The lowest BCUT2D eigenvalue weighted by Crippen LogP contribution is -2.43. The number of rotatable bonds is 5. The molecular weight excluding hydrogens is 361 g/mol. The number of piperidine rings is 1. The predicted octanol–water partition coefficient (Wildman–Crippen LogP) is 1.77. The van der Waals surface area contributed by atoms with Gasteiger partial charge in [-0.2, -0.15) is 0 Å².